The third-order valence-corrected chi connectivity index (χ3v) is 2.97. The van der Waals surface area contributed by atoms with E-state index in [2.05, 4.69) is 13.0 Å². The maximum absolute atomic E-state index is 12.2. The molecular formula is C14H25NO2. The van der Waals surface area contributed by atoms with Gasteiger partial charge >= 0.3 is 6.09 Å². The summed E-state index contributed by atoms with van der Waals surface area (Å²) < 4.78 is 5.48. The summed E-state index contributed by atoms with van der Waals surface area (Å²) in [7, 11) is 0. The summed E-state index contributed by atoms with van der Waals surface area (Å²) in [5, 5.41) is 0. The molecule has 2 atom stereocenters. The second-order valence-electron chi connectivity index (χ2n) is 5.76. The van der Waals surface area contributed by atoms with E-state index in [1.54, 1.807) is 0 Å². The third-order valence-electron chi connectivity index (χ3n) is 2.97. The number of carbonyl (C=O) groups is 1. The van der Waals surface area contributed by atoms with Crippen LogP contribution in [0.25, 0.3) is 0 Å². The largest absolute Gasteiger partial charge is 0.444 e. The molecule has 98 valence electrons. The molecule has 1 aliphatic heterocycles. The highest BCUT2D eigenvalue weighted by atomic mass is 16.6. The van der Waals surface area contributed by atoms with Crippen LogP contribution in [0.4, 0.5) is 4.79 Å². The Bertz CT molecular complexity index is 291. The average molecular weight is 239 g/mol. The van der Waals surface area contributed by atoms with E-state index >= 15 is 0 Å². The van der Waals surface area contributed by atoms with Crippen molar-refractivity contribution in [3.05, 3.63) is 12.2 Å². The van der Waals surface area contributed by atoms with Crippen LogP contribution < -0.4 is 0 Å². The Labute approximate surface area is 105 Å². The van der Waals surface area contributed by atoms with Gasteiger partial charge in [0.05, 0.1) is 6.04 Å². The molecular weight excluding hydrogens is 214 g/mol. The number of nitrogens with zero attached hydrogens (tertiary/aromatic N) is 1. The van der Waals surface area contributed by atoms with Gasteiger partial charge in [0, 0.05) is 6.04 Å². The summed E-state index contributed by atoms with van der Waals surface area (Å²) in [5.41, 5.74) is -0.422. The molecule has 2 unspecified atom stereocenters. The maximum atomic E-state index is 12.2. The van der Waals surface area contributed by atoms with Gasteiger partial charge in [-0.25, -0.2) is 4.79 Å². The van der Waals surface area contributed by atoms with Gasteiger partial charge in [-0.3, -0.25) is 4.90 Å². The van der Waals surface area contributed by atoms with Crippen molar-refractivity contribution in [2.45, 2.75) is 71.6 Å². The number of amides is 1. The predicted molar refractivity (Wildman–Crippen MR) is 70.0 cm³/mol. The number of likely N-dealkylation sites (tertiary alicyclic amines) is 1. The summed E-state index contributed by atoms with van der Waals surface area (Å²) in [6, 6.07) is 0.457. The number of allylic oxidation sites excluding steroid dienone is 1. The molecule has 0 bridgehead atoms. The molecule has 1 aliphatic rings. The fourth-order valence-corrected chi connectivity index (χ4v) is 2.27. The Kier molecular flexibility index (Phi) is 4.61. The van der Waals surface area contributed by atoms with Crippen LogP contribution in [-0.2, 0) is 4.74 Å². The van der Waals surface area contributed by atoms with Crippen molar-refractivity contribution in [2.75, 3.05) is 0 Å². The van der Waals surface area contributed by atoms with Crippen molar-refractivity contribution < 1.29 is 9.53 Å². The number of hydrogen-bond donors (Lipinski definition) is 0. The number of hydrogen-bond acceptors (Lipinski definition) is 2. The van der Waals surface area contributed by atoms with Crippen LogP contribution in [0, 0.1) is 0 Å². The average Bonchev–Trinajstić information content (AvgIpc) is 2.15. The van der Waals surface area contributed by atoms with E-state index in [-0.39, 0.29) is 18.2 Å². The lowest BCUT2D eigenvalue weighted by Crippen LogP contribution is -2.49. The van der Waals surface area contributed by atoms with Gasteiger partial charge in [0.15, 0.2) is 0 Å². The predicted octanol–water partition coefficient (Wildman–Crippen LogP) is 3.74. The second kappa shape index (κ2) is 5.56. The maximum Gasteiger partial charge on any atom is 0.411 e. The molecule has 3 nitrogen and oxygen atoms in total. The first-order valence-electron chi connectivity index (χ1n) is 6.49. The highest BCUT2D eigenvalue weighted by Crippen LogP contribution is 2.25. The highest BCUT2D eigenvalue weighted by Gasteiger charge is 2.33. The number of rotatable bonds is 1. The van der Waals surface area contributed by atoms with Crippen molar-refractivity contribution in [2.24, 2.45) is 0 Å². The molecule has 0 spiro atoms. The highest BCUT2D eigenvalue weighted by molar-refractivity contribution is 5.69. The zero-order chi connectivity index (χ0) is 13.1. The molecule has 1 rings (SSSR count). The number of piperidine rings is 1. The molecule has 0 aromatic rings. The van der Waals surface area contributed by atoms with E-state index in [0.29, 0.717) is 0 Å². The minimum absolute atomic E-state index is 0.187. The van der Waals surface area contributed by atoms with Gasteiger partial charge in [-0.1, -0.05) is 12.2 Å². The minimum Gasteiger partial charge on any atom is -0.444 e. The van der Waals surface area contributed by atoms with Crippen LogP contribution >= 0.6 is 0 Å². The molecule has 1 fully saturated rings. The quantitative estimate of drug-likeness (QED) is 0.652. The molecule has 17 heavy (non-hydrogen) atoms. The van der Waals surface area contributed by atoms with Crippen molar-refractivity contribution in [3.8, 4) is 0 Å². The van der Waals surface area contributed by atoms with Crippen LogP contribution in [0.3, 0.4) is 0 Å². The van der Waals surface area contributed by atoms with E-state index < -0.39 is 5.60 Å². The van der Waals surface area contributed by atoms with E-state index in [9.17, 15) is 4.79 Å². The second-order valence-corrected chi connectivity index (χ2v) is 5.76. The molecule has 0 N–H and O–H groups in total. The lowest BCUT2D eigenvalue weighted by Gasteiger charge is -2.39. The van der Waals surface area contributed by atoms with Crippen LogP contribution in [0.15, 0.2) is 12.2 Å². The third kappa shape index (κ3) is 4.06. The molecule has 0 saturated carbocycles. The van der Waals surface area contributed by atoms with Crippen molar-refractivity contribution in [1.29, 1.82) is 0 Å². The zero-order valence-electron chi connectivity index (χ0n) is 11.7. The normalized spacial score (nSPS) is 26.3. The first-order chi connectivity index (χ1) is 7.85. The summed E-state index contributed by atoms with van der Waals surface area (Å²) in [6.07, 6.45) is 7.20. The first kappa shape index (κ1) is 14.1. The Hall–Kier alpha value is -0.990. The van der Waals surface area contributed by atoms with Gasteiger partial charge < -0.3 is 4.74 Å². The van der Waals surface area contributed by atoms with Crippen molar-refractivity contribution in [1.82, 2.24) is 4.90 Å². The molecule has 1 heterocycles. The molecule has 1 saturated heterocycles. The standard InChI is InChI=1S/C14H25NO2/c1-6-8-12-10-7-9-11(2)15(12)13(16)17-14(3,4)5/h6,8,11-12H,7,9-10H2,1-5H3/b8-6-. The molecule has 0 aliphatic carbocycles. The molecule has 0 aromatic heterocycles. The zero-order valence-corrected chi connectivity index (χ0v) is 11.7. The van der Waals surface area contributed by atoms with E-state index in [0.717, 1.165) is 12.8 Å². The van der Waals surface area contributed by atoms with Gasteiger partial charge in [-0.2, -0.15) is 0 Å². The monoisotopic (exact) mass is 239 g/mol. The van der Waals surface area contributed by atoms with Crippen LogP contribution in [0.2, 0.25) is 0 Å². The SMILES string of the molecule is C/C=C\C1CCCC(C)N1C(=O)OC(C)(C)C. The number of carbonyl (C=O) groups excluding carboxylic acids is 1. The van der Waals surface area contributed by atoms with E-state index in [1.165, 1.54) is 6.42 Å². The Balaban J connectivity index is 2.78. The lowest BCUT2D eigenvalue weighted by molar-refractivity contribution is 0.00360. The Morgan fingerprint density at radius 1 is 1.35 bits per heavy atom. The molecule has 1 amide bonds. The van der Waals surface area contributed by atoms with Crippen molar-refractivity contribution >= 4 is 6.09 Å². The minimum atomic E-state index is -0.422. The fourth-order valence-electron chi connectivity index (χ4n) is 2.27. The number of ether oxygens (including phenoxy) is 1. The van der Waals surface area contributed by atoms with Gasteiger partial charge in [0.1, 0.15) is 5.60 Å². The van der Waals surface area contributed by atoms with Crippen LogP contribution in [0.1, 0.15) is 53.9 Å². The summed E-state index contributed by atoms with van der Waals surface area (Å²) in [4.78, 5) is 14.1. The summed E-state index contributed by atoms with van der Waals surface area (Å²) in [6.45, 7) is 9.81. The smallest absolute Gasteiger partial charge is 0.411 e. The van der Waals surface area contributed by atoms with Crippen molar-refractivity contribution in [3.63, 3.8) is 0 Å². The van der Waals surface area contributed by atoms with Crippen LogP contribution in [-0.4, -0.2) is 28.7 Å². The van der Waals surface area contributed by atoms with E-state index in [1.807, 2.05) is 38.7 Å². The Morgan fingerprint density at radius 2 is 2.00 bits per heavy atom. The molecule has 3 heteroatoms. The van der Waals surface area contributed by atoms with Crippen LogP contribution in [0.5, 0.6) is 0 Å². The van der Waals surface area contributed by atoms with Gasteiger partial charge in [0.2, 0.25) is 0 Å². The van der Waals surface area contributed by atoms with Gasteiger partial charge in [-0.05, 0) is 53.9 Å². The van der Waals surface area contributed by atoms with Gasteiger partial charge in [0.25, 0.3) is 0 Å². The Morgan fingerprint density at radius 3 is 2.53 bits per heavy atom. The van der Waals surface area contributed by atoms with E-state index in [4.69, 9.17) is 4.74 Å². The lowest BCUT2D eigenvalue weighted by atomic mass is 9.96. The molecule has 0 radical (unpaired) electrons. The molecule has 0 aromatic carbocycles. The summed E-state index contributed by atoms with van der Waals surface area (Å²) >= 11 is 0. The fraction of sp³-hybridized carbons (Fsp3) is 0.786. The topological polar surface area (TPSA) is 29.5 Å². The first-order valence-corrected chi connectivity index (χ1v) is 6.49. The van der Waals surface area contributed by atoms with Gasteiger partial charge in [-0.15, -0.1) is 0 Å². The summed E-state index contributed by atoms with van der Waals surface area (Å²) in [5.74, 6) is 0.